The molecule has 4 nitrogen and oxygen atoms in total. The second-order valence-corrected chi connectivity index (χ2v) is 4.65. The van der Waals surface area contributed by atoms with Gasteiger partial charge in [-0.2, -0.15) is 13.2 Å². The zero-order valence-corrected chi connectivity index (χ0v) is 11.2. The van der Waals surface area contributed by atoms with Crippen LogP contribution in [0.15, 0.2) is 24.4 Å². The molecule has 1 aromatic heterocycles. The molecule has 8 heteroatoms. The SMILES string of the molecule is CCCC(N)c1cn(-c2cc(C(F)(F)F)ccc2F)nn1. The Morgan fingerprint density at radius 3 is 2.67 bits per heavy atom. The number of alkyl halides is 3. The van der Waals surface area contributed by atoms with Gasteiger partial charge in [-0.15, -0.1) is 5.10 Å². The van der Waals surface area contributed by atoms with Gasteiger partial charge in [-0.25, -0.2) is 9.07 Å². The number of hydrogen-bond donors (Lipinski definition) is 1. The van der Waals surface area contributed by atoms with E-state index in [1.165, 1.54) is 6.20 Å². The zero-order chi connectivity index (χ0) is 15.6. The van der Waals surface area contributed by atoms with Crippen LogP contribution in [0, 0.1) is 5.82 Å². The van der Waals surface area contributed by atoms with Gasteiger partial charge in [0.15, 0.2) is 0 Å². The van der Waals surface area contributed by atoms with Crippen molar-refractivity contribution in [2.45, 2.75) is 32.0 Å². The smallest absolute Gasteiger partial charge is 0.323 e. The number of hydrogen-bond acceptors (Lipinski definition) is 3. The first-order valence-electron chi connectivity index (χ1n) is 6.38. The lowest BCUT2D eigenvalue weighted by Gasteiger charge is -2.09. The molecule has 0 amide bonds. The Morgan fingerprint density at radius 2 is 2.05 bits per heavy atom. The standard InChI is InChI=1S/C13H14F4N4/c1-2-3-10(18)11-7-21(20-19-11)12-6-8(13(15,16)17)4-5-9(12)14/h4-7,10H,2-3,18H2,1H3. The summed E-state index contributed by atoms with van der Waals surface area (Å²) in [4.78, 5) is 0. The first-order chi connectivity index (χ1) is 9.82. The van der Waals surface area contributed by atoms with Crippen molar-refractivity contribution in [1.82, 2.24) is 15.0 Å². The Morgan fingerprint density at radius 1 is 1.33 bits per heavy atom. The van der Waals surface area contributed by atoms with Gasteiger partial charge in [0.2, 0.25) is 0 Å². The molecule has 0 spiro atoms. The predicted molar refractivity (Wildman–Crippen MR) is 68.2 cm³/mol. The summed E-state index contributed by atoms with van der Waals surface area (Å²) in [6.45, 7) is 1.94. The van der Waals surface area contributed by atoms with E-state index in [0.717, 1.165) is 17.2 Å². The molecule has 0 aliphatic rings. The molecular weight excluding hydrogens is 288 g/mol. The van der Waals surface area contributed by atoms with Crippen molar-refractivity contribution in [3.05, 3.63) is 41.5 Å². The fourth-order valence-electron chi connectivity index (χ4n) is 1.89. The van der Waals surface area contributed by atoms with Crippen molar-refractivity contribution in [1.29, 1.82) is 0 Å². The molecule has 0 fully saturated rings. The molecule has 1 unspecified atom stereocenters. The summed E-state index contributed by atoms with van der Waals surface area (Å²) < 4.78 is 52.7. The highest BCUT2D eigenvalue weighted by Gasteiger charge is 2.31. The van der Waals surface area contributed by atoms with E-state index in [0.29, 0.717) is 24.2 Å². The van der Waals surface area contributed by atoms with Crippen LogP contribution in [0.1, 0.15) is 37.1 Å². The van der Waals surface area contributed by atoms with Gasteiger partial charge in [0.1, 0.15) is 11.5 Å². The fourth-order valence-corrected chi connectivity index (χ4v) is 1.89. The Bertz CT molecular complexity index is 621. The van der Waals surface area contributed by atoms with Crippen LogP contribution in [0.25, 0.3) is 5.69 Å². The van der Waals surface area contributed by atoms with E-state index in [1.807, 2.05) is 6.92 Å². The lowest BCUT2D eigenvalue weighted by molar-refractivity contribution is -0.137. The molecule has 114 valence electrons. The molecule has 0 aliphatic carbocycles. The number of aromatic nitrogens is 3. The van der Waals surface area contributed by atoms with Crippen molar-refractivity contribution in [3.63, 3.8) is 0 Å². The quantitative estimate of drug-likeness (QED) is 0.882. The first kappa shape index (κ1) is 15.4. The van der Waals surface area contributed by atoms with Crippen molar-refractivity contribution < 1.29 is 17.6 Å². The summed E-state index contributed by atoms with van der Waals surface area (Å²) in [5.74, 6) is -0.816. The number of benzene rings is 1. The van der Waals surface area contributed by atoms with E-state index in [1.54, 1.807) is 0 Å². The average molecular weight is 302 g/mol. The predicted octanol–water partition coefficient (Wildman–Crippen LogP) is 3.23. The third-order valence-electron chi connectivity index (χ3n) is 3.01. The Hall–Kier alpha value is -1.96. The zero-order valence-electron chi connectivity index (χ0n) is 11.2. The molecule has 1 heterocycles. The van der Waals surface area contributed by atoms with E-state index in [-0.39, 0.29) is 11.7 Å². The van der Waals surface area contributed by atoms with Gasteiger partial charge in [0, 0.05) is 0 Å². The van der Waals surface area contributed by atoms with Crippen molar-refractivity contribution in [2.75, 3.05) is 0 Å². The summed E-state index contributed by atoms with van der Waals surface area (Å²) >= 11 is 0. The molecule has 0 saturated heterocycles. The summed E-state index contributed by atoms with van der Waals surface area (Å²) in [7, 11) is 0. The van der Waals surface area contributed by atoms with Crippen LogP contribution in [-0.4, -0.2) is 15.0 Å². The van der Waals surface area contributed by atoms with Gasteiger partial charge in [-0.05, 0) is 24.6 Å². The molecule has 2 N–H and O–H groups in total. The maximum Gasteiger partial charge on any atom is 0.416 e. The molecular formula is C13H14F4N4. The molecule has 0 saturated carbocycles. The monoisotopic (exact) mass is 302 g/mol. The van der Waals surface area contributed by atoms with E-state index in [4.69, 9.17) is 5.73 Å². The molecule has 0 aliphatic heterocycles. The lowest BCUT2D eigenvalue weighted by atomic mass is 10.1. The Kier molecular flexibility index (Phi) is 4.26. The first-order valence-corrected chi connectivity index (χ1v) is 6.38. The number of rotatable bonds is 4. The second kappa shape index (κ2) is 5.80. The topological polar surface area (TPSA) is 56.7 Å². The third-order valence-corrected chi connectivity index (χ3v) is 3.01. The van der Waals surface area contributed by atoms with Crippen molar-refractivity contribution in [2.24, 2.45) is 5.73 Å². The van der Waals surface area contributed by atoms with Crippen molar-refractivity contribution in [3.8, 4) is 5.69 Å². The van der Waals surface area contributed by atoms with E-state index < -0.39 is 17.6 Å². The maximum absolute atomic E-state index is 13.7. The molecule has 1 atom stereocenters. The Balaban J connectivity index is 2.38. The molecule has 0 bridgehead atoms. The normalized spacial score (nSPS) is 13.4. The average Bonchev–Trinajstić information content (AvgIpc) is 2.87. The molecule has 0 radical (unpaired) electrons. The van der Waals surface area contributed by atoms with Gasteiger partial charge in [0.05, 0.1) is 23.5 Å². The highest BCUT2D eigenvalue weighted by atomic mass is 19.4. The van der Waals surface area contributed by atoms with Gasteiger partial charge < -0.3 is 5.73 Å². The highest BCUT2D eigenvalue weighted by molar-refractivity contribution is 5.38. The van der Waals surface area contributed by atoms with E-state index in [2.05, 4.69) is 10.3 Å². The number of halogens is 4. The molecule has 21 heavy (non-hydrogen) atoms. The van der Waals surface area contributed by atoms with Gasteiger partial charge >= 0.3 is 6.18 Å². The van der Waals surface area contributed by atoms with Crippen LogP contribution in [0.4, 0.5) is 17.6 Å². The lowest BCUT2D eigenvalue weighted by Crippen LogP contribution is -2.10. The van der Waals surface area contributed by atoms with Crippen LogP contribution in [0.2, 0.25) is 0 Å². The Labute approximate surface area is 118 Å². The minimum atomic E-state index is -4.55. The van der Waals surface area contributed by atoms with Crippen LogP contribution >= 0.6 is 0 Å². The second-order valence-electron chi connectivity index (χ2n) is 4.65. The van der Waals surface area contributed by atoms with Gasteiger partial charge in [0.25, 0.3) is 0 Å². The maximum atomic E-state index is 13.7. The van der Waals surface area contributed by atoms with Gasteiger partial charge in [-0.3, -0.25) is 0 Å². The molecule has 1 aromatic carbocycles. The minimum Gasteiger partial charge on any atom is -0.323 e. The molecule has 2 rings (SSSR count). The summed E-state index contributed by atoms with van der Waals surface area (Å²) in [6.07, 6.45) is -1.72. The van der Waals surface area contributed by atoms with Crippen LogP contribution in [0.3, 0.4) is 0 Å². The van der Waals surface area contributed by atoms with E-state index in [9.17, 15) is 17.6 Å². The number of nitrogens with two attached hydrogens (primary N) is 1. The fraction of sp³-hybridized carbons (Fsp3) is 0.385. The largest absolute Gasteiger partial charge is 0.416 e. The van der Waals surface area contributed by atoms with Crippen LogP contribution in [-0.2, 0) is 6.18 Å². The van der Waals surface area contributed by atoms with Crippen LogP contribution < -0.4 is 5.73 Å². The summed E-state index contributed by atoms with van der Waals surface area (Å²) in [6, 6.07) is 1.75. The van der Waals surface area contributed by atoms with Crippen molar-refractivity contribution >= 4 is 0 Å². The highest BCUT2D eigenvalue weighted by Crippen LogP contribution is 2.31. The van der Waals surface area contributed by atoms with E-state index >= 15 is 0 Å². The summed E-state index contributed by atoms with van der Waals surface area (Å²) in [5.41, 5.74) is 4.99. The third kappa shape index (κ3) is 3.38. The molecule has 2 aromatic rings. The minimum absolute atomic E-state index is 0.313. The number of nitrogens with zero attached hydrogens (tertiary/aromatic N) is 3. The summed E-state index contributed by atoms with van der Waals surface area (Å²) in [5, 5.41) is 7.44. The van der Waals surface area contributed by atoms with Crippen LogP contribution in [0.5, 0.6) is 0 Å². The van der Waals surface area contributed by atoms with Gasteiger partial charge in [-0.1, -0.05) is 18.6 Å².